The van der Waals surface area contributed by atoms with E-state index >= 15 is 0 Å². The molecule has 0 spiro atoms. The summed E-state index contributed by atoms with van der Waals surface area (Å²) in [5, 5.41) is 0.752. The molecule has 0 N–H and O–H groups in total. The fraction of sp³-hybridized carbons (Fsp3) is 0.391. The number of esters is 1. The topological polar surface area (TPSA) is 98.8 Å². The van der Waals surface area contributed by atoms with Crippen LogP contribution in [0.15, 0.2) is 44.6 Å². The largest absolute Gasteiger partial charge is 0.456 e. The maximum atomic E-state index is 12.8. The monoisotopic (exact) mass is 456 g/mol. The number of aryl methyl sites for hydroxylation is 3. The zero-order valence-corrected chi connectivity index (χ0v) is 18.6. The van der Waals surface area contributed by atoms with Crippen LogP contribution in [0.5, 0.6) is 0 Å². The number of carbonyl (C=O) groups excluding carboxylic acids is 1. The highest BCUT2D eigenvalue weighted by Crippen LogP contribution is 2.29. The summed E-state index contributed by atoms with van der Waals surface area (Å²) >= 11 is 0. The van der Waals surface area contributed by atoms with Gasteiger partial charge in [0.1, 0.15) is 22.8 Å². The summed E-state index contributed by atoms with van der Waals surface area (Å²) in [7, 11) is -2.02. The number of ether oxygens (including phenoxy) is 1. The van der Waals surface area contributed by atoms with E-state index < -0.39 is 21.6 Å². The number of rotatable bonds is 5. The number of fused-ring (bicyclic) bond motifs is 2. The number of hydrogen-bond donors (Lipinski definition) is 0. The fourth-order valence-corrected chi connectivity index (χ4v) is 6.18. The quantitative estimate of drug-likeness (QED) is 0.432. The molecule has 9 heteroatoms. The SMILES string of the molecule is Cn1cc(S(=O)(=O)N2CCCC2)cc1C(=O)OCc1cc(=O)oc2cc3c(cc12)CCC3. The smallest absolute Gasteiger partial charge is 0.355 e. The van der Waals surface area contributed by atoms with Gasteiger partial charge in [0.25, 0.3) is 0 Å². The Balaban J connectivity index is 1.39. The maximum Gasteiger partial charge on any atom is 0.355 e. The van der Waals surface area contributed by atoms with Crippen LogP contribution in [-0.2, 0) is 41.3 Å². The van der Waals surface area contributed by atoms with Crippen molar-refractivity contribution in [2.45, 2.75) is 43.6 Å². The minimum absolute atomic E-state index is 0.0789. The van der Waals surface area contributed by atoms with Gasteiger partial charge in [-0.1, -0.05) is 0 Å². The molecule has 5 rings (SSSR count). The molecule has 0 unspecified atom stereocenters. The van der Waals surface area contributed by atoms with Crippen molar-refractivity contribution < 1.29 is 22.4 Å². The number of hydrogen-bond acceptors (Lipinski definition) is 6. The van der Waals surface area contributed by atoms with Crippen LogP contribution in [0.2, 0.25) is 0 Å². The molecular weight excluding hydrogens is 432 g/mol. The second-order valence-electron chi connectivity index (χ2n) is 8.42. The molecule has 2 aromatic heterocycles. The van der Waals surface area contributed by atoms with Crippen LogP contribution in [-0.4, -0.2) is 36.3 Å². The summed E-state index contributed by atoms with van der Waals surface area (Å²) in [5.74, 6) is -0.655. The van der Waals surface area contributed by atoms with Crippen molar-refractivity contribution in [2.75, 3.05) is 13.1 Å². The van der Waals surface area contributed by atoms with Crippen LogP contribution < -0.4 is 5.63 Å². The molecule has 1 saturated heterocycles. The number of aromatic nitrogens is 1. The third-order valence-corrected chi connectivity index (χ3v) is 8.16. The van der Waals surface area contributed by atoms with Crippen LogP contribution in [0.25, 0.3) is 11.0 Å². The van der Waals surface area contributed by atoms with Gasteiger partial charge in [0.15, 0.2) is 0 Å². The zero-order valence-electron chi connectivity index (χ0n) is 17.8. The highest BCUT2D eigenvalue weighted by Gasteiger charge is 2.29. The van der Waals surface area contributed by atoms with Crippen LogP contribution in [0.1, 0.15) is 46.4 Å². The van der Waals surface area contributed by atoms with Crippen molar-refractivity contribution in [3.8, 4) is 0 Å². The third kappa shape index (κ3) is 3.65. The predicted octanol–water partition coefficient (Wildman–Crippen LogP) is 2.76. The molecule has 0 atom stereocenters. The molecule has 32 heavy (non-hydrogen) atoms. The van der Waals surface area contributed by atoms with Crippen LogP contribution in [0, 0.1) is 0 Å². The minimum Gasteiger partial charge on any atom is -0.456 e. The van der Waals surface area contributed by atoms with Gasteiger partial charge in [-0.25, -0.2) is 18.0 Å². The second-order valence-corrected chi connectivity index (χ2v) is 10.4. The van der Waals surface area contributed by atoms with Gasteiger partial charge in [-0.05, 0) is 61.4 Å². The Hall–Kier alpha value is -2.91. The Morgan fingerprint density at radius 2 is 1.78 bits per heavy atom. The van der Waals surface area contributed by atoms with Crippen LogP contribution in [0.3, 0.4) is 0 Å². The predicted molar refractivity (Wildman–Crippen MR) is 117 cm³/mol. The lowest BCUT2D eigenvalue weighted by atomic mass is 10.0. The van der Waals surface area contributed by atoms with Gasteiger partial charge in [0, 0.05) is 43.4 Å². The lowest BCUT2D eigenvalue weighted by molar-refractivity contribution is 0.0462. The van der Waals surface area contributed by atoms with Gasteiger partial charge in [-0.3, -0.25) is 0 Å². The van der Waals surface area contributed by atoms with E-state index in [0.717, 1.165) is 37.5 Å². The molecule has 1 aliphatic carbocycles. The molecule has 3 aromatic rings. The standard InChI is InChI=1S/C23H24N2O6S/c1-24-13-18(32(28,29)25-7-2-3-8-25)12-20(24)23(27)30-14-17-11-22(26)31-21-10-16-6-4-5-15(16)9-19(17)21/h9-13H,2-8,14H2,1H3. The van der Waals surface area contributed by atoms with E-state index in [0.29, 0.717) is 24.2 Å². The average Bonchev–Trinajstić information content (AvgIpc) is 3.50. The number of sulfonamides is 1. The van der Waals surface area contributed by atoms with Crippen molar-refractivity contribution in [1.82, 2.24) is 8.87 Å². The molecule has 0 radical (unpaired) electrons. The Labute approximate surface area is 185 Å². The molecule has 168 valence electrons. The van der Waals surface area contributed by atoms with Crippen LogP contribution in [0.4, 0.5) is 0 Å². The zero-order chi connectivity index (χ0) is 22.5. The molecule has 8 nitrogen and oxygen atoms in total. The van der Waals surface area contributed by atoms with Gasteiger partial charge in [0.05, 0.1) is 0 Å². The van der Waals surface area contributed by atoms with E-state index in [1.807, 2.05) is 12.1 Å². The van der Waals surface area contributed by atoms with Gasteiger partial charge < -0.3 is 13.7 Å². The molecule has 2 aliphatic rings. The maximum absolute atomic E-state index is 12.8. The van der Waals surface area contributed by atoms with Gasteiger partial charge in [0.2, 0.25) is 10.0 Å². The van der Waals surface area contributed by atoms with Crippen LogP contribution >= 0.6 is 0 Å². The van der Waals surface area contributed by atoms with Gasteiger partial charge in [-0.15, -0.1) is 0 Å². The van der Waals surface area contributed by atoms with Gasteiger partial charge in [-0.2, -0.15) is 4.31 Å². The number of carbonyl (C=O) groups is 1. The lowest BCUT2D eigenvalue weighted by Gasteiger charge is -2.13. The summed E-state index contributed by atoms with van der Waals surface area (Å²) in [5.41, 5.74) is 3.10. The molecule has 0 bridgehead atoms. The number of benzene rings is 1. The van der Waals surface area contributed by atoms with E-state index in [1.165, 1.54) is 38.3 Å². The first-order valence-corrected chi connectivity index (χ1v) is 12.2. The van der Waals surface area contributed by atoms with E-state index in [1.54, 1.807) is 7.05 Å². The summed E-state index contributed by atoms with van der Waals surface area (Å²) in [6.07, 6.45) is 6.11. The van der Waals surface area contributed by atoms with E-state index in [4.69, 9.17) is 9.15 Å². The van der Waals surface area contributed by atoms with Crippen molar-refractivity contribution in [2.24, 2.45) is 7.05 Å². The third-order valence-electron chi connectivity index (χ3n) is 6.29. The Morgan fingerprint density at radius 3 is 2.53 bits per heavy atom. The molecule has 0 amide bonds. The highest BCUT2D eigenvalue weighted by molar-refractivity contribution is 7.89. The highest BCUT2D eigenvalue weighted by atomic mass is 32.2. The van der Waals surface area contributed by atoms with Crippen molar-refractivity contribution in [3.63, 3.8) is 0 Å². The first kappa shape index (κ1) is 21.0. The molecule has 1 fully saturated rings. The molecular formula is C23H24N2O6S. The Morgan fingerprint density at radius 1 is 1.06 bits per heavy atom. The molecule has 1 aromatic carbocycles. The van der Waals surface area contributed by atoms with Gasteiger partial charge >= 0.3 is 11.6 Å². The number of nitrogens with zero attached hydrogens (tertiary/aromatic N) is 2. The molecule has 1 aliphatic heterocycles. The summed E-state index contributed by atoms with van der Waals surface area (Å²) < 4.78 is 39.3. The van der Waals surface area contributed by atoms with E-state index in [9.17, 15) is 18.0 Å². The first-order chi connectivity index (χ1) is 15.3. The minimum atomic E-state index is -3.63. The molecule has 0 saturated carbocycles. The molecule has 3 heterocycles. The summed E-state index contributed by atoms with van der Waals surface area (Å²) in [6.45, 7) is 0.869. The fourth-order valence-electron chi connectivity index (χ4n) is 4.59. The van der Waals surface area contributed by atoms with Crippen molar-refractivity contribution >= 4 is 27.0 Å². The van der Waals surface area contributed by atoms with Crippen molar-refractivity contribution in [1.29, 1.82) is 0 Å². The Kier molecular flexibility index (Phi) is 5.17. The second kappa shape index (κ2) is 7.90. The van der Waals surface area contributed by atoms with Crippen molar-refractivity contribution in [3.05, 3.63) is 63.3 Å². The van der Waals surface area contributed by atoms with E-state index in [-0.39, 0.29) is 17.2 Å². The van der Waals surface area contributed by atoms with E-state index in [2.05, 4.69) is 0 Å². The first-order valence-electron chi connectivity index (χ1n) is 10.7. The average molecular weight is 457 g/mol. The lowest BCUT2D eigenvalue weighted by Crippen LogP contribution is -2.27. The summed E-state index contributed by atoms with van der Waals surface area (Å²) in [4.78, 5) is 24.9. The normalized spacial score (nSPS) is 16.5. The Bertz CT molecular complexity index is 1380. The summed E-state index contributed by atoms with van der Waals surface area (Å²) in [6, 6.07) is 6.59.